The van der Waals surface area contributed by atoms with Gasteiger partial charge < -0.3 is 14.0 Å². The maximum Gasteiger partial charge on any atom is 0.270 e. The number of anilines is 1. The van der Waals surface area contributed by atoms with Crippen LogP contribution < -0.4 is 14.8 Å². The molecule has 3 rings (SSSR count). The van der Waals surface area contributed by atoms with Crippen LogP contribution in [0.25, 0.3) is 11.5 Å². The first-order valence-corrected chi connectivity index (χ1v) is 8.35. The highest BCUT2D eigenvalue weighted by Gasteiger charge is 2.18. The molecule has 1 aromatic heterocycles. The molecule has 1 N–H and O–H groups in total. The van der Waals surface area contributed by atoms with Gasteiger partial charge in [-0.3, -0.25) is 10.1 Å². The molecule has 0 aliphatic rings. The molecule has 1 heterocycles. The lowest BCUT2D eigenvalue weighted by Crippen LogP contribution is -2.30. The highest BCUT2D eigenvalue weighted by molar-refractivity contribution is 5.92. The molecule has 8 heteroatoms. The van der Waals surface area contributed by atoms with Gasteiger partial charge in [0.2, 0.25) is 0 Å². The summed E-state index contributed by atoms with van der Waals surface area (Å²) < 4.78 is 28.9. The van der Waals surface area contributed by atoms with Crippen LogP contribution in [0.5, 0.6) is 11.5 Å². The average molecular weight is 371 g/mol. The van der Waals surface area contributed by atoms with Gasteiger partial charge in [-0.15, -0.1) is 0 Å². The summed E-state index contributed by atoms with van der Waals surface area (Å²) in [6.07, 6.45) is -0.831. The molecule has 7 nitrogen and oxygen atoms in total. The molecule has 0 saturated heterocycles. The lowest BCUT2D eigenvalue weighted by molar-refractivity contribution is -0.122. The standard InChI is InChI=1S/C19H18FN3O4/c1-3-25-15-8-4-13(5-9-15)18-22-19(23-27-18)21-17(24)12(2)26-16-10-6-14(20)7-11-16/h4-12H,3H2,1-2H3,(H,21,23,24)/t12-/m0/s1. The number of hydrogen-bond donors (Lipinski definition) is 1. The Hall–Kier alpha value is -3.42. The molecule has 0 saturated carbocycles. The summed E-state index contributed by atoms with van der Waals surface area (Å²) in [5.74, 6) is 0.564. The highest BCUT2D eigenvalue weighted by atomic mass is 19.1. The van der Waals surface area contributed by atoms with E-state index >= 15 is 0 Å². The zero-order valence-electron chi connectivity index (χ0n) is 14.8. The topological polar surface area (TPSA) is 86.5 Å². The zero-order valence-corrected chi connectivity index (χ0v) is 14.8. The molecule has 0 aliphatic carbocycles. The van der Waals surface area contributed by atoms with Crippen LogP contribution in [0.4, 0.5) is 10.3 Å². The Kier molecular flexibility index (Phi) is 5.65. The van der Waals surface area contributed by atoms with E-state index in [4.69, 9.17) is 14.0 Å². The number of amides is 1. The van der Waals surface area contributed by atoms with Crippen LogP contribution in [0.1, 0.15) is 13.8 Å². The summed E-state index contributed by atoms with van der Waals surface area (Å²) in [6, 6.07) is 12.5. The van der Waals surface area contributed by atoms with Crippen LogP contribution in [0.3, 0.4) is 0 Å². The minimum Gasteiger partial charge on any atom is -0.494 e. The molecule has 0 unspecified atom stereocenters. The number of halogens is 1. The van der Waals surface area contributed by atoms with Crippen molar-refractivity contribution in [1.29, 1.82) is 0 Å². The van der Waals surface area contributed by atoms with Gasteiger partial charge >= 0.3 is 0 Å². The van der Waals surface area contributed by atoms with Crippen LogP contribution >= 0.6 is 0 Å². The fraction of sp³-hybridized carbons (Fsp3) is 0.211. The molecule has 0 fully saturated rings. The van der Waals surface area contributed by atoms with Crippen molar-refractivity contribution in [3.63, 3.8) is 0 Å². The van der Waals surface area contributed by atoms with Crippen LogP contribution in [0.15, 0.2) is 53.1 Å². The summed E-state index contributed by atoms with van der Waals surface area (Å²) in [7, 11) is 0. The third-order valence-corrected chi connectivity index (χ3v) is 3.57. The second-order valence-electron chi connectivity index (χ2n) is 5.58. The maximum absolute atomic E-state index is 12.9. The van der Waals surface area contributed by atoms with Gasteiger partial charge in [0.25, 0.3) is 17.7 Å². The smallest absolute Gasteiger partial charge is 0.270 e. The molecule has 2 aromatic carbocycles. The van der Waals surface area contributed by atoms with E-state index in [-0.39, 0.29) is 17.7 Å². The number of nitrogens with zero attached hydrogens (tertiary/aromatic N) is 2. The molecule has 0 radical (unpaired) electrons. The van der Waals surface area contributed by atoms with Crippen LogP contribution in [-0.4, -0.2) is 28.8 Å². The summed E-state index contributed by atoms with van der Waals surface area (Å²) in [4.78, 5) is 16.3. The van der Waals surface area contributed by atoms with Gasteiger partial charge in [0.05, 0.1) is 6.61 Å². The maximum atomic E-state index is 12.9. The SMILES string of the molecule is CCOc1ccc(-c2nc(NC(=O)[C@H](C)Oc3ccc(F)cc3)no2)cc1. The highest BCUT2D eigenvalue weighted by Crippen LogP contribution is 2.22. The largest absolute Gasteiger partial charge is 0.494 e. The van der Waals surface area contributed by atoms with Crippen molar-refractivity contribution >= 4 is 11.9 Å². The van der Waals surface area contributed by atoms with Crippen molar-refractivity contribution in [3.8, 4) is 23.0 Å². The second-order valence-corrected chi connectivity index (χ2v) is 5.58. The van der Waals surface area contributed by atoms with Crippen molar-refractivity contribution in [2.75, 3.05) is 11.9 Å². The van der Waals surface area contributed by atoms with Crippen LogP contribution in [-0.2, 0) is 4.79 Å². The van der Waals surface area contributed by atoms with Gasteiger partial charge in [-0.1, -0.05) is 0 Å². The Bertz CT molecular complexity index is 894. The van der Waals surface area contributed by atoms with E-state index < -0.39 is 12.0 Å². The second kappa shape index (κ2) is 8.31. The van der Waals surface area contributed by atoms with Crippen molar-refractivity contribution in [2.45, 2.75) is 20.0 Å². The number of rotatable bonds is 7. The summed E-state index contributed by atoms with van der Waals surface area (Å²) in [5, 5.41) is 6.25. The summed E-state index contributed by atoms with van der Waals surface area (Å²) >= 11 is 0. The van der Waals surface area contributed by atoms with Crippen LogP contribution in [0, 0.1) is 5.82 Å². The molecule has 1 atom stereocenters. The number of carbonyl (C=O) groups is 1. The van der Waals surface area contributed by atoms with Gasteiger partial charge in [0.1, 0.15) is 17.3 Å². The first kappa shape index (κ1) is 18.4. The fourth-order valence-corrected chi connectivity index (χ4v) is 2.23. The van der Waals surface area contributed by atoms with Gasteiger partial charge in [-0.05, 0) is 67.5 Å². The fourth-order valence-electron chi connectivity index (χ4n) is 2.23. The molecule has 0 aliphatic heterocycles. The monoisotopic (exact) mass is 371 g/mol. The molecule has 0 bridgehead atoms. The van der Waals surface area contributed by atoms with Crippen molar-refractivity contribution in [2.24, 2.45) is 0 Å². The number of ether oxygens (including phenoxy) is 2. The third-order valence-electron chi connectivity index (χ3n) is 3.57. The van der Waals surface area contributed by atoms with Gasteiger partial charge in [0, 0.05) is 5.56 Å². The lowest BCUT2D eigenvalue weighted by atomic mass is 10.2. The quantitative estimate of drug-likeness (QED) is 0.682. The van der Waals surface area contributed by atoms with Crippen molar-refractivity contribution in [1.82, 2.24) is 10.1 Å². The van der Waals surface area contributed by atoms with E-state index in [1.165, 1.54) is 24.3 Å². The first-order chi connectivity index (χ1) is 13.0. The van der Waals surface area contributed by atoms with Gasteiger partial charge in [-0.25, -0.2) is 4.39 Å². The van der Waals surface area contributed by atoms with Crippen molar-refractivity contribution in [3.05, 3.63) is 54.3 Å². The van der Waals surface area contributed by atoms with Gasteiger partial charge in [-0.2, -0.15) is 4.98 Å². The predicted octanol–water partition coefficient (Wildman–Crippen LogP) is 3.68. The Morgan fingerprint density at radius 2 is 1.81 bits per heavy atom. The van der Waals surface area contributed by atoms with E-state index in [0.717, 1.165) is 5.75 Å². The zero-order chi connectivity index (χ0) is 19.2. The number of carbonyl (C=O) groups excluding carboxylic acids is 1. The average Bonchev–Trinajstić information content (AvgIpc) is 3.13. The molecule has 140 valence electrons. The Morgan fingerprint density at radius 1 is 1.15 bits per heavy atom. The number of benzene rings is 2. The number of hydrogen-bond acceptors (Lipinski definition) is 6. The lowest BCUT2D eigenvalue weighted by Gasteiger charge is -2.13. The van der Waals surface area contributed by atoms with Crippen LogP contribution in [0.2, 0.25) is 0 Å². The van der Waals surface area contributed by atoms with E-state index in [1.54, 1.807) is 31.2 Å². The van der Waals surface area contributed by atoms with Crippen molar-refractivity contribution < 1.29 is 23.2 Å². The summed E-state index contributed by atoms with van der Waals surface area (Å²) in [6.45, 7) is 4.04. The molecular formula is C19H18FN3O4. The Labute approximate surface area is 155 Å². The van der Waals surface area contributed by atoms with Gasteiger partial charge in [0.15, 0.2) is 6.10 Å². The molecule has 1 amide bonds. The molecule has 3 aromatic rings. The first-order valence-electron chi connectivity index (χ1n) is 8.35. The Morgan fingerprint density at radius 3 is 2.48 bits per heavy atom. The molecular weight excluding hydrogens is 353 g/mol. The third kappa shape index (κ3) is 4.81. The molecule has 27 heavy (non-hydrogen) atoms. The predicted molar refractivity (Wildman–Crippen MR) is 96.0 cm³/mol. The summed E-state index contributed by atoms with van der Waals surface area (Å²) in [5.41, 5.74) is 0.696. The number of aromatic nitrogens is 2. The van der Waals surface area contributed by atoms with E-state index in [9.17, 15) is 9.18 Å². The minimum atomic E-state index is -0.831. The van der Waals surface area contributed by atoms with E-state index in [0.29, 0.717) is 17.9 Å². The van der Waals surface area contributed by atoms with E-state index in [1.807, 2.05) is 6.92 Å². The van der Waals surface area contributed by atoms with E-state index in [2.05, 4.69) is 15.5 Å². The normalized spacial score (nSPS) is 11.7. The Balaban J connectivity index is 1.60. The molecule has 0 spiro atoms. The minimum absolute atomic E-state index is 0.0263. The number of nitrogens with one attached hydrogen (secondary N) is 1.